The van der Waals surface area contributed by atoms with Crippen molar-refractivity contribution in [1.29, 1.82) is 0 Å². The summed E-state index contributed by atoms with van der Waals surface area (Å²) in [6, 6.07) is 74.0. The number of hydrogen-bond acceptors (Lipinski definition) is 3. The van der Waals surface area contributed by atoms with Gasteiger partial charge in [0.05, 0.1) is 28.5 Å². The Labute approximate surface area is 373 Å². The van der Waals surface area contributed by atoms with E-state index in [4.69, 9.17) is 4.99 Å². The van der Waals surface area contributed by atoms with E-state index in [9.17, 15) is 0 Å². The number of fused-ring (bicyclic) bond motifs is 13. The minimum atomic E-state index is -0.613. The van der Waals surface area contributed by atoms with Crippen LogP contribution in [0.3, 0.4) is 0 Å². The highest BCUT2D eigenvalue weighted by atomic mass is 15.2. The maximum Gasteiger partial charge on any atom is 0.145 e. The molecule has 2 unspecified atom stereocenters. The Hall–Kier alpha value is -8.01. The molecule has 0 saturated carbocycles. The van der Waals surface area contributed by atoms with Crippen molar-refractivity contribution in [3.8, 4) is 22.3 Å². The van der Waals surface area contributed by atoms with Crippen molar-refractivity contribution >= 4 is 44.3 Å². The molecule has 302 valence electrons. The molecule has 2 heterocycles. The maximum atomic E-state index is 5.56. The largest absolute Gasteiger partial charge is 0.360 e. The predicted molar refractivity (Wildman–Crippen MR) is 266 cm³/mol. The van der Waals surface area contributed by atoms with E-state index in [1.54, 1.807) is 0 Å². The number of allylic oxidation sites excluding steroid dienone is 3. The summed E-state index contributed by atoms with van der Waals surface area (Å²) in [6.07, 6.45) is 11.9. The zero-order chi connectivity index (χ0) is 42.2. The van der Waals surface area contributed by atoms with Gasteiger partial charge in [-0.1, -0.05) is 218 Å². The first-order valence-electron chi connectivity index (χ1n) is 22.4. The third-order valence-corrected chi connectivity index (χ3v) is 14.0. The second-order valence-corrected chi connectivity index (χ2v) is 17.4. The predicted octanol–water partition coefficient (Wildman–Crippen LogP) is 14.5. The highest BCUT2D eigenvalue weighted by molar-refractivity contribution is 6.13. The van der Waals surface area contributed by atoms with Gasteiger partial charge in [0, 0.05) is 16.5 Å². The summed E-state index contributed by atoms with van der Waals surface area (Å²) in [7, 11) is 0. The molecular formula is C61H43N3. The van der Waals surface area contributed by atoms with Gasteiger partial charge in [-0.05, 0) is 90.5 Å². The van der Waals surface area contributed by atoms with Crippen LogP contribution in [0.25, 0.3) is 49.5 Å². The van der Waals surface area contributed by atoms with Gasteiger partial charge in [-0.3, -0.25) is 4.99 Å². The molecule has 3 nitrogen and oxygen atoms in total. The molecule has 9 aromatic carbocycles. The van der Waals surface area contributed by atoms with Crippen molar-refractivity contribution in [3.05, 3.63) is 270 Å². The highest BCUT2D eigenvalue weighted by Crippen LogP contribution is 2.65. The summed E-state index contributed by atoms with van der Waals surface area (Å²) >= 11 is 0. The number of benzene rings is 9. The van der Waals surface area contributed by atoms with Gasteiger partial charge in [0.15, 0.2) is 0 Å². The minimum absolute atomic E-state index is 0.142. The van der Waals surface area contributed by atoms with Crippen molar-refractivity contribution in [3.63, 3.8) is 0 Å². The van der Waals surface area contributed by atoms with Gasteiger partial charge in [0.25, 0.3) is 0 Å². The van der Waals surface area contributed by atoms with E-state index >= 15 is 0 Å². The average molecular weight is 818 g/mol. The molecule has 9 aromatic rings. The summed E-state index contributed by atoms with van der Waals surface area (Å²) in [5.41, 5.74) is 17.5. The molecule has 0 bridgehead atoms. The minimum Gasteiger partial charge on any atom is -0.360 e. The van der Waals surface area contributed by atoms with Crippen molar-refractivity contribution in [2.45, 2.75) is 24.0 Å². The van der Waals surface area contributed by atoms with E-state index in [-0.39, 0.29) is 12.2 Å². The fourth-order valence-corrected chi connectivity index (χ4v) is 11.1. The average Bonchev–Trinajstić information content (AvgIpc) is 3.66. The normalized spacial score (nSPS) is 17.6. The molecule has 0 saturated heterocycles. The SMILES string of the molecule is C1=CCC(N2c3c(ccc4ccccc34)C3(c4ccccc4-c4ccc(C5N=C(c6ccc(-c7ccccc7)cc6)C=C(c6ccccc6)N5)cc43)c3ccc4ccccc4c32)C=C1. The van der Waals surface area contributed by atoms with Crippen molar-refractivity contribution < 1.29 is 0 Å². The molecule has 0 fully saturated rings. The monoisotopic (exact) mass is 817 g/mol. The van der Waals surface area contributed by atoms with Crippen LogP contribution in [0.15, 0.2) is 236 Å². The molecule has 2 atom stereocenters. The molecule has 13 rings (SSSR count). The molecule has 0 radical (unpaired) electrons. The summed E-state index contributed by atoms with van der Waals surface area (Å²) in [4.78, 5) is 8.24. The van der Waals surface area contributed by atoms with Crippen LogP contribution >= 0.6 is 0 Å². The maximum absolute atomic E-state index is 5.56. The Morgan fingerprint density at radius 1 is 0.484 bits per heavy atom. The fraction of sp³-hybridized carbons (Fsp3) is 0.0656. The summed E-state index contributed by atoms with van der Waals surface area (Å²) in [5, 5.41) is 8.93. The van der Waals surface area contributed by atoms with Gasteiger partial charge >= 0.3 is 0 Å². The van der Waals surface area contributed by atoms with Crippen LogP contribution in [0, 0.1) is 0 Å². The Bertz CT molecular complexity index is 3360. The molecule has 0 amide bonds. The van der Waals surface area contributed by atoms with Gasteiger partial charge in [0.1, 0.15) is 6.17 Å². The van der Waals surface area contributed by atoms with E-state index in [1.165, 1.54) is 77.4 Å². The van der Waals surface area contributed by atoms with Crippen molar-refractivity contribution in [2.75, 3.05) is 4.90 Å². The van der Waals surface area contributed by atoms with Crippen LogP contribution in [-0.2, 0) is 5.41 Å². The number of anilines is 2. The van der Waals surface area contributed by atoms with Gasteiger partial charge in [-0.2, -0.15) is 0 Å². The molecule has 2 aliphatic heterocycles. The topological polar surface area (TPSA) is 27.6 Å². The van der Waals surface area contributed by atoms with E-state index < -0.39 is 5.41 Å². The molecular weight excluding hydrogens is 775 g/mol. The lowest BCUT2D eigenvalue weighted by atomic mass is 9.63. The fourth-order valence-electron chi connectivity index (χ4n) is 11.1. The van der Waals surface area contributed by atoms with Crippen LogP contribution in [0.5, 0.6) is 0 Å². The Kier molecular flexibility index (Phi) is 8.32. The zero-order valence-corrected chi connectivity index (χ0v) is 35.2. The van der Waals surface area contributed by atoms with Crippen LogP contribution in [0.2, 0.25) is 0 Å². The summed E-state index contributed by atoms with van der Waals surface area (Å²) < 4.78 is 0. The van der Waals surface area contributed by atoms with Crippen molar-refractivity contribution in [1.82, 2.24) is 5.32 Å². The van der Waals surface area contributed by atoms with Crippen LogP contribution in [-0.4, -0.2) is 11.8 Å². The molecule has 0 aromatic heterocycles. The lowest BCUT2D eigenvalue weighted by Crippen LogP contribution is -2.42. The molecule has 2 aliphatic carbocycles. The molecule has 1 spiro atoms. The Balaban J connectivity index is 1.06. The van der Waals surface area contributed by atoms with E-state index in [1.807, 2.05) is 0 Å². The van der Waals surface area contributed by atoms with E-state index in [0.717, 1.165) is 34.5 Å². The summed E-state index contributed by atoms with van der Waals surface area (Å²) in [5.74, 6) is 0. The van der Waals surface area contributed by atoms with E-state index in [0.29, 0.717) is 0 Å². The van der Waals surface area contributed by atoms with Gasteiger partial charge < -0.3 is 10.2 Å². The third-order valence-electron chi connectivity index (χ3n) is 14.0. The van der Waals surface area contributed by atoms with Crippen LogP contribution in [0.1, 0.15) is 51.5 Å². The number of nitrogens with zero attached hydrogens (tertiary/aromatic N) is 2. The first kappa shape index (κ1) is 36.6. The zero-order valence-electron chi connectivity index (χ0n) is 35.2. The second kappa shape index (κ2) is 14.5. The number of rotatable bonds is 5. The Morgan fingerprint density at radius 2 is 1.08 bits per heavy atom. The molecule has 3 heteroatoms. The van der Waals surface area contributed by atoms with E-state index in [2.05, 4.69) is 241 Å². The van der Waals surface area contributed by atoms with Gasteiger partial charge in [-0.25, -0.2) is 0 Å². The highest BCUT2D eigenvalue weighted by Gasteiger charge is 2.53. The third kappa shape index (κ3) is 5.50. The molecule has 1 N–H and O–H groups in total. The number of nitrogens with one attached hydrogen (secondary N) is 1. The lowest BCUT2D eigenvalue weighted by molar-refractivity contribution is 0.658. The first-order chi connectivity index (χ1) is 31.7. The van der Waals surface area contributed by atoms with Gasteiger partial charge in [-0.15, -0.1) is 0 Å². The first-order valence-corrected chi connectivity index (χ1v) is 22.4. The Morgan fingerprint density at radius 3 is 1.77 bits per heavy atom. The van der Waals surface area contributed by atoms with Crippen molar-refractivity contribution in [2.24, 2.45) is 4.99 Å². The molecule has 4 aliphatic rings. The van der Waals surface area contributed by atoms with Crippen LogP contribution in [0.4, 0.5) is 11.4 Å². The second-order valence-electron chi connectivity index (χ2n) is 17.4. The van der Waals surface area contributed by atoms with Crippen LogP contribution < -0.4 is 10.2 Å². The lowest BCUT2D eigenvalue weighted by Gasteiger charge is -2.48. The summed E-state index contributed by atoms with van der Waals surface area (Å²) in [6.45, 7) is 0. The number of hydrogen-bond donors (Lipinski definition) is 1. The smallest absolute Gasteiger partial charge is 0.145 e. The number of aliphatic imine (C=N–C) groups is 1. The standard InChI is InChI=1S/C61H43N3/c1-4-16-40(17-5-1)41-28-30-45(31-29-41)57-39-56(44-20-6-2-7-21-44)62-60(63-57)46-32-35-51-50-26-14-15-27-52(50)61(55(51)38-46)53-36-33-42-18-10-12-24-48(42)58(53)64(47-22-8-3-9-23-47)59-49-25-13-11-19-43(49)34-37-54(59)61/h1-22,24-39,47,60,62H,23H2. The molecule has 64 heavy (non-hydrogen) atoms. The quantitative estimate of drug-likeness (QED) is 0.187. The van der Waals surface area contributed by atoms with Gasteiger partial charge in [0.2, 0.25) is 0 Å².